The molecule has 0 spiro atoms. The summed E-state index contributed by atoms with van der Waals surface area (Å²) in [6.45, 7) is -4.64. The Morgan fingerprint density at radius 2 is 0.520 bits per heavy atom. The van der Waals surface area contributed by atoms with Crippen LogP contribution in [0.15, 0.2) is 0 Å². The highest BCUT2D eigenvalue weighted by Crippen LogP contribution is 2.62. The van der Waals surface area contributed by atoms with Gasteiger partial charge in [-0.3, -0.25) is 9.59 Å². The van der Waals surface area contributed by atoms with Gasteiger partial charge in [0.2, 0.25) is 0 Å². The van der Waals surface area contributed by atoms with Gasteiger partial charge in [-0.2, -0.15) is 114 Å². The molecule has 0 unspecified atom stereocenters. The summed E-state index contributed by atoms with van der Waals surface area (Å²) in [5.74, 6) is -82.1. The number of carbonyl (C=O) groups excluding carboxylic acids is 2. The number of ether oxygens (including phenoxy) is 2. The lowest BCUT2D eigenvalue weighted by Crippen LogP contribution is -2.70. The molecule has 0 aliphatic carbocycles. The largest absolute Gasteiger partial charge is 0.465 e. The van der Waals surface area contributed by atoms with Crippen molar-refractivity contribution in [2.24, 2.45) is 0 Å². The monoisotopic (exact) mass is 810 g/mol. The van der Waals surface area contributed by atoms with Crippen LogP contribution in [0.5, 0.6) is 0 Å². The summed E-state index contributed by atoms with van der Waals surface area (Å²) in [5, 5.41) is 0. The maximum absolute atomic E-state index is 13.6. The van der Waals surface area contributed by atoms with Gasteiger partial charge in [-0.15, -0.1) is 0 Å². The third kappa shape index (κ3) is 7.80. The van der Waals surface area contributed by atoms with E-state index in [0.717, 1.165) is 0 Å². The third-order valence-electron chi connectivity index (χ3n) is 5.89. The average molecular weight is 810 g/mol. The van der Waals surface area contributed by atoms with Gasteiger partial charge in [0.25, 0.3) is 0 Å². The molecule has 4 nitrogen and oxygen atoms in total. The van der Waals surface area contributed by atoms with E-state index in [-0.39, 0.29) is 0 Å². The van der Waals surface area contributed by atoms with Crippen LogP contribution in [-0.4, -0.2) is 96.7 Å². The Hall–Kier alpha value is -2.88. The van der Waals surface area contributed by atoms with Crippen molar-refractivity contribution in [3.8, 4) is 0 Å². The summed E-state index contributed by atoms with van der Waals surface area (Å²) in [5.41, 5.74) is 0. The molecule has 0 aliphatic heterocycles. The quantitative estimate of drug-likeness (QED) is 0.109. The second kappa shape index (κ2) is 13.6. The predicted octanol–water partition coefficient (Wildman–Crippen LogP) is 9.11. The Balaban J connectivity index is 5.35. The van der Waals surface area contributed by atoms with Gasteiger partial charge in [0.15, 0.2) is 0 Å². The highest BCUT2D eigenvalue weighted by molar-refractivity contribution is 5.77. The van der Waals surface area contributed by atoms with Gasteiger partial charge in [0, 0.05) is 0 Å². The second-order valence-electron chi connectivity index (χ2n) is 9.44. The smallest absolute Gasteiger partial charge is 0.460 e. The standard InChI is InChI=1S/C20H12F26O4/c21-9(22,11(25,26)13(29,30)15(33,34)17(37,38)19(41,42)43)3-5-49-7(47)1-2-8(48)50-6-4-10(23,24)12(27,28)14(31,32)16(35,36)18(39,40)20(44,45)46/h1-6H2. The van der Waals surface area contributed by atoms with Crippen LogP contribution >= 0.6 is 0 Å². The number of hydrogen-bond acceptors (Lipinski definition) is 4. The van der Waals surface area contributed by atoms with E-state index < -0.39 is 122 Å². The molecule has 0 radical (unpaired) electrons. The van der Waals surface area contributed by atoms with Crippen LogP contribution in [0.1, 0.15) is 25.7 Å². The van der Waals surface area contributed by atoms with Crippen molar-refractivity contribution in [1.82, 2.24) is 0 Å². The Labute approximate surface area is 257 Å². The topological polar surface area (TPSA) is 52.6 Å². The van der Waals surface area contributed by atoms with Gasteiger partial charge in [-0.1, -0.05) is 0 Å². The van der Waals surface area contributed by atoms with Gasteiger partial charge in [0.05, 0.1) is 38.9 Å². The Kier molecular flexibility index (Phi) is 12.8. The first-order valence-electron chi connectivity index (χ1n) is 11.7. The van der Waals surface area contributed by atoms with Crippen molar-refractivity contribution in [2.45, 2.75) is 97.3 Å². The summed E-state index contributed by atoms with van der Waals surface area (Å²) in [6, 6.07) is 0. The van der Waals surface area contributed by atoms with Crippen molar-refractivity contribution in [2.75, 3.05) is 13.2 Å². The van der Waals surface area contributed by atoms with E-state index in [0.29, 0.717) is 0 Å². The van der Waals surface area contributed by atoms with Gasteiger partial charge in [-0.05, 0) is 0 Å². The first-order chi connectivity index (χ1) is 21.5. The van der Waals surface area contributed by atoms with Crippen LogP contribution in [0.3, 0.4) is 0 Å². The fourth-order valence-electron chi connectivity index (χ4n) is 2.85. The molecule has 50 heavy (non-hydrogen) atoms. The van der Waals surface area contributed by atoms with Crippen molar-refractivity contribution < 1.29 is 133 Å². The maximum Gasteiger partial charge on any atom is 0.460 e. The SMILES string of the molecule is O=C(CCC(=O)OCCC(F)(F)C(F)(F)C(F)(F)C(F)(F)C(F)(F)C(F)(F)F)OCCC(F)(F)C(F)(F)C(F)(F)C(F)(F)C(F)(F)C(F)(F)F. The van der Waals surface area contributed by atoms with E-state index in [4.69, 9.17) is 0 Å². The van der Waals surface area contributed by atoms with Crippen molar-refractivity contribution in [3.05, 3.63) is 0 Å². The predicted molar refractivity (Wildman–Crippen MR) is 102 cm³/mol. The minimum absolute atomic E-state index is 1.63. The molecular weight excluding hydrogens is 798 g/mol. The molecule has 0 aromatic heterocycles. The first kappa shape index (κ1) is 47.1. The molecule has 0 bridgehead atoms. The van der Waals surface area contributed by atoms with Crippen molar-refractivity contribution in [1.29, 1.82) is 0 Å². The van der Waals surface area contributed by atoms with Gasteiger partial charge < -0.3 is 9.47 Å². The normalized spacial score (nSPS) is 15.6. The molecule has 0 fully saturated rings. The van der Waals surface area contributed by atoms with E-state index in [2.05, 4.69) is 9.47 Å². The second-order valence-corrected chi connectivity index (χ2v) is 9.44. The molecule has 0 aromatic rings. The number of hydrogen-bond donors (Lipinski definition) is 0. The lowest BCUT2D eigenvalue weighted by molar-refractivity contribution is -0.440. The van der Waals surface area contributed by atoms with Gasteiger partial charge in [-0.25, -0.2) is 0 Å². The summed E-state index contributed by atoms with van der Waals surface area (Å²) in [7, 11) is 0. The molecule has 0 saturated carbocycles. The number of carbonyl (C=O) groups is 2. The Morgan fingerprint density at radius 3 is 0.720 bits per heavy atom. The Morgan fingerprint density at radius 1 is 0.320 bits per heavy atom. The lowest BCUT2D eigenvalue weighted by atomic mass is 9.93. The minimum atomic E-state index is -8.24. The fourth-order valence-corrected chi connectivity index (χ4v) is 2.85. The number of esters is 2. The molecule has 0 heterocycles. The molecular formula is C20H12F26O4. The number of rotatable bonds is 17. The van der Waals surface area contributed by atoms with Crippen LogP contribution in [0.4, 0.5) is 114 Å². The van der Waals surface area contributed by atoms with Crippen LogP contribution in [-0.2, 0) is 19.1 Å². The molecule has 0 saturated heterocycles. The first-order valence-corrected chi connectivity index (χ1v) is 11.7. The zero-order valence-corrected chi connectivity index (χ0v) is 22.7. The van der Waals surface area contributed by atoms with Crippen LogP contribution in [0, 0.1) is 0 Å². The molecule has 0 rings (SSSR count). The highest BCUT2D eigenvalue weighted by atomic mass is 19.4. The number of alkyl halides is 26. The number of halogens is 26. The summed E-state index contributed by atoms with van der Waals surface area (Å²) in [4.78, 5) is 22.7. The zero-order chi connectivity index (χ0) is 40.8. The van der Waals surface area contributed by atoms with Crippen LogP contribution in [0.25, 0.3) is 0 Å². The molecule has 0 atom stereocenters. The van der Waals surface area contributed by atoms with E-state index in [1.807, 2.05) is 0 Å². The highest BCUT2D eigenvalue weighted by Gasteiger charge is 2.92. The third-order valence-corrected chi connectivity index (χ3v) is 5.89. The minimum Gasteiger partial charge on any atom is -0.465 e. The Bertz CT molecular complexity index is 1110. The molecule has 0 amide bonds. The molecule has 30 heteroatoms. The maximum atomic E-state index is 13.6. The van der Waals surface area contributed by atoms with Crippen molar-refractivity contribution >= 4 is 11.9 Å². The molecule has 0 N–H and O–H groups in total. The van der Waals surface area contributed by atoms with E-state index in [1.54, 1.807) is 0 Å². The lowest BCUT2D eigenvalue weighted by Gasteiger charge is -2.39. The summed E-state index contributed by atoms with van der Waals surface area (Å²) >= 11 is 0. The average Bonchev–Trinajstić information content (AvgIpc) is 2.89. The molecule has 0 aliphatic rings. The van der Waals surface area contributed by atoms with Gasteiger partial charge >= 0.3 is 83.5 Å². The van der Waals surface area contributed by atoms with Gasteiger partial charge in [0.1, 0.15) is 0 Å². The molecule has 0 aromatic carbocycles. The summed E-state index contributed by atoms with van der Waals surface area (Å²) in [6.07, 6.45) is -24.8. The van der Waals surface area contributed by atoms with Crippen LogP contribution < -0.4 is 0 Å². The van der Waals surface area contributed by atoms with Crippen LogP contribution in [0.2, 0.25) is 0 Å². The van der Waals surface area contributed by atoms with E-state index >= 15 is 0 Å². The van der Waals surface area contributed by atoms with E-state index in [9.17, 15) is 124 Å². The molecule has 298 valence electrons. The van der Waals surface area contributed by atoms with Crippen molar-refractivity contribution in [3.63, 3.8) is 0 Å². The fraction of sp³-hybridized carbons (Fsp3) is 0.900. The zero-order valence-electron chi connectivity index (χ0n) is 22.7. The van der Waals surface area contributed by atoms with E-state index in [1.165, 1.54) is 0 Å². The summed E-state index contributed by atoms with van der Waals surface area (Å²) < 4.78 is 345.